The van der Waals surface area contributed by atoms with Crippen LogP contribution in [0.5, 0.6) is 0 Å². The van der Waals surface area contributed by atoms with Crippen LogP contribution in [0.15, 0.2) is 35.8 Å². The zero-order valence-electron chi connectivity index (χ0n) is 16.5. The normalized spacial score (nSPS) is 21.0. The molecule has 2 aromatic rings. The molecule has 1 aromatic carbocycles. The number of benzene rings is 1. The molecule has 2 amide bonds. The highest BCUT2D eigenvalue weighted by Crippen LogP contribution is 2.49. The Morgan fingerprint density at radius 3 is 2.71 bits per heavy atom. The molecule has 2 heterocycles. The highest BCUT2D eigenvalue weighted by atomic mass is 32.1. The Morgan fingerprint density at radius 2 is 2.04 bits per heavy atom. The first-order chi connectivity index (χ1) is 13.5. The number of aromatic nitrogens is 1. The van der Waals surface area contributed by atoms with Crippen molar-refractivity contribution in [3.63, 3.8) is 0 Å². The summed E-state index contributed by atoms with van der Waals surface area (Å²) in [5.41, 5.74) is 1.08. The van der Waals surface area contributed by atoms with E-state index in [1.807, 2.05) is 34.5 Å². The number of rotatable bonds is 4. The topological polar surface area (TPSA) is 62.3 Å². The van der Waals surface area contributed by atoms with Gasteiger partial charge in [0.1, 0.15) is 0 Å². The molecule has 6 heteroatoms. The summed E-state index contributed by atoms with van der Waals surface area (Å²) in [6, 6.07) is 7.65. The molecule has 1 spiro atoms. The van der Waals surface area contributed by atoms with Gasteiger partial charge in [-0.05, 0) is 30.4 Å². The van der Waals surface area contributed by atoms with E-state index in [-0.39, 0.29) is 17.7 Å². The third-order valence-corrected chi connectivity index (χ3v) is 6.70. The fraction of sp³-hybridized carbons (Fsp3) is 0.500. The largest absolute Gasteiger partial charge is 0.332 e. The number of carbonyl (C=O) groups is 2. The number of nitrogens with one attached hydrogen (secondary N) is 1. The number of carbonyl (C=O) groups excluding carboxylic acids is 2. The van der Waals surface area contributed by atoms with Gasteiger partial charge >= 0.3 is 0 Å². The summed E-state index contributed by atoms with van der Waals surface area (Å²) in [4.78, 5) is 33.3. The highest BCUT2D eigenvalue weighted by molar-refractivity contribution is 7.13. The van der Waals surface area contributed by atoms with Gasteiger partial charge in [0.05, 0.1) is 11.5 Å². The molecular formula is C22H27N3O2S. The standard InChI is InChI=1S/C22H27N3O2S/c1-15(2)14-25-20(27)17-9-5-4-8-16(17)18(22(25)10-6-3-7-11-22)19(26)24-21-23-12-13-28-21/h4-5,8-9,12-13,15,18H,3,6-7,10-11,14H2,1-2H3,(H,23,24,26)/t18-/m0/s1. The Labute approximate surface area is 170 Å². The monoisotopic (exact) mass is 397 g/mol. The van der Waals surface area contributed by atoms with E-state index < -0.39 is 5.54 Å². The van der Waals surface area contributed by atoms with Crippen LogP contribution in [0.2, 0.25) is 0 Å². The predicted molar refractivity (Wildman–Crippen MR) is 112 cm³/mol. The van der Waals surface area contributed by atoms with E-state index in [4.69, 9.17) is 0 Å². The van der Waals surface area contributed by atoms with Gasteiger partial charge in [0.15, 0.2) is 5.13 Å². The van der Waals surface area contributed by atoms with Crippen LogP contribution < -0.4 is 5.32 Å². The van der Waals surface area contributed by atoms with Gasteiger partial charge in [-0.3, -0.25) is 9.59 Å². The van der Waals surface area contributed by atoms with Crippen LogP contribution in [0.1, 0.15) is 67.8 Å². The second-order valence-corrected chi connectivity index (χ2v) is 9.22. The van der Waals surface area contributed by atoms with Gasteiger partial charge in [-0.25, -0.2) is 4.98 Å². The SMILES string of the molecule is CC(C)CN1C(=O)c2ccccc2[C@@H](C(=O)Nc2nccs2)C12CCCCC2. The van der Waals surface area contributed by atoms with Gasteiger partial charge in [-0.1, -0.05) is 51.3 Å². The van der Waals surface area contributed by atoms with Crippen LogP contribution in [-0.2, 0) is 4.79 Å². The Morgan fingerprint density at radius 1 is 1.29 bits per heavy atom. The van der Waals surface area contributed by atoms with Crippen LogP contribution in [0.3, 0.4) is 0 Å². The Bertz CT molecular complexity index is 856. The van der Waals surface area contributed by atoms with Crippen molar-refractivity contribution in [2.45, 2.75) is 57.4 Å². The van der Waals surface area contributed by atoms with Crippen molar-refractivity contribution in [2.75, 3.05) is 11.9 Å². The minimum atomic E-state index is -0.449. The number of thiazole rings is 1. The summed E-state index contributed by atoms with van der Waals surface area (Å²) in [7, 11) is 0. The molecule has 1 aliphatic carbocycles. The van der Waals surface area contributed by atoms with Crippen molar-refractivity contribution in [1.82, 2.24) is 9.88 Å². The predicted octanol–water partition coefficient (Wildman–Crippen LogP) is 4.68. The smallest absolute Gasteiger partial charge is 0.254 e. The van der Waals surface area contributed by atoms with Gasteiger partial charge in [0.2, 0.25) is 5.91 Å². The molecule has 4 rings (SSSR count). The van der Waals surface area contributed by atoms with Gasteiger partial charge < -0.3 is 10.2 Å². The maximum Gasteiger partial charge on any atom is 0.254 e. The average molecular weight is 398 g/mol. The zero-order chi connectivity index (χ0) is 19.7. The van der Waals surface area contributed by atoms with Crippen molar-refractivity contribution >= 4 is 28.3 Å². The zero-order valence-corrected chi connectivity index (χ0v) is 17.3. The fourth-order valence-corrected chi connectivity index (χ4v) is 5.47. The van der Waals surface area contributed by atoms with E-state index in [0.29, 0.717) is 23.2 Å². The maximum absolute atomic E-state index is 13.6. The number of hydrogen-bond donors (Lipinski definition) is 1. The third kappa shape index (κ3) is 3.24. The second kappa shape index (κ2) is 7.66. The molecule has 1 saturated carbocycles. The highest BCUT2D eigenvalue weighted by Gasteiger charge is 2.54. The summed E-state index contributed by atoms with van der Waals surface area (Å²) in [5, 5.41) is 5.49. The lowest BCUT2D eigenvalue weighted by molar-refractivity contribution is -0.122. The van der Waals surface area contributed by atoms with E-state index in [1.54, 1.807) is 6.20 Å². The maximum atomic E-state index is 13.6. The van der Waals surface area contributed by atoms with Crippen molar-refractivity contribution < 1.29 is 9.59 Å². The molecule has 28 heavy (non-hydrogen) atoms. The number of fused-ring (bicyclic) bond motifs is 1. The number of nitrogens with zero attached hydrogens (tertiary/aromatic N) is 2. The van der Waals surface area contributed by atoms with Gasteiger partial charge in [-0.15, -0.1) is 11.3 Å². The average Bonchev–Trinajstić information content (AvgIpc) is 3.19. The molecule has 2 aliphatic rings. The Hall–Kier alpha value is -2.21. The summed E-state index contributed by atoms with van der Waals surface area (Å²) in [5.74, 6) is -0.00454. The lowest BCUT2D eigenvalue weighted by atomic mass is 9.65. The Kier molecular flexibility index (Phi) is 5.23. The quantitative estimate of drug-likeness (QED) is 0.815. The fourth-order valence-electron chi connectivity index (χ4n) is 4.94. The lowest BCUT2D eigenvalue weighted by Crippen LogP contribution is -2.62. The van der Waals surface area contributed by atoms with E-state index in [1.165, 1.54) is 11.3 Å². The Balaban J connectivity index is 1.84. The molecule has 148 valence electrons. The minimum Gasteiger partial charge on any atom is -0.332 e. The molecule has 1 N–H and O–H groups in total. The number of amides is 2. The third-order valence-electron chi connectivity index (χ3n) is 6.01. The van der Waals surface area contributed by atoms with Crippen LogP contribution in [0.25, 0.3) is 0 Å². The summed E-state index contributed by atoms with van der Waals surface area (Å²) in [6.45, 7) is 4.94. The number of hydrogen-bond acceptors (Lipinski definition) is 4. The van der Waals surface area contributed by atoms with E-state index in [2.05, 4.69) is 24.1 Å². The van der Waals surface area contributed by atoms with Crippen LogP contribution in [0.4, 0.5) is 5.13 Å². The first kappa shape index (κ1) is 19.1. The molecule has 0 bridgehead atoms. The first-order valence-electron chi connectivity index (χ1n) is 10.1. The van der Waals surface area contributed by atoms with Crippen LogP contribution in [-0.4, -0.2) is 33.8 Å². The van der Waals surface area contributed by atoms with Crippen molar-refractivity contribution in [3.05, 3.63) is 47.0 Å². The van der Waals surface area contributed by atoms with Crippen molar-refractivity contribution in [2.24, 2.45) is 5.92 Å². The second-order valence-electron chi connectivity index (χ2n) is 8.32. The molecule has 0 saturated heterocycles. The first-order valence-corrected chi connectivity index (χ1v) is 11.0. The number of anilines is 1. The van der Waals surface area contributed by atoms with Gasteiger partial charge in [0.25, 0.3) is 5.91 Å². The molecular weight excluding hydrogens is 370 g/mol. The summed E-state index contributed by atoms with van der Waals surface area (Å²) < 4.78 is 0. The van der Waals surface area contributed by atoms with Crippen LogP contribution in [0, 0.1) is 5.92 Å². The summed E-state index contributed by atoms with van der Waals surface area (Å²) >= 11 is 1.42. The van der Waals surface area contributed by atoms with E-state index >= 15 is 0 Å². The van der Waals surface area contributed by atoms with E-state index in [9.17, 15) is 9.59 Å². The molecule has 0 unspecified atom stereocenters. The molecule has 0 radical (unpaired) electrons. The molecule has 5 nitrogen and oxygen atoms in total. The minimum absolute atomic E-state index is 0.0504. The molecule has 1 aliphatic heterocycles. The molecule has 1 atom stereocenters. The lowest BCUT2D eigenvalue weighted by Gasteiger charge is -2.54. The summed E-state index contributed by atoms with van der Waals surface area (Å²) in [6.07, 6.45) is 6.69. The molecule has 1 aromatic heterocycles. The van der Waals surface area contributed by atoms with Crippen molar-refractivity contribution in [1.29, 1.82) is 0 Å². The van der Waals surface area contributed by atoms with E-state index in [0.717, 1.165) is 37.7 Å². The van der Waals surface area contributed by atoms with Gasteiger partial charge in [-0.2, -0.15) is 0 Å². The van der Waals surface area contributed by atoms with Gasteiger partial charge in [0, 0.05) is 23.7 Å². The molecule has 1 fully saturated rings. The van der Waals surface area contributed by atoms with Crippen molar-refractivity contribution in [3.8, 4) is 0 Å². The van der Waals surface area contributed by atoms with Crippen LogP contribution >= 0.6 is 11.3 Å².